The monoisotopic (exact) mass is 331 g/mol. The average molecular weight is 331 g/mol. The molecule has 5 nitrogen and oxygen atoms in total. The van der Waals surface area contributed by atoms with Crippen molar-refractivity contribution in [1.82, 2.24) is 15.1 Å². The van der Waals surface area contributed by atoms with Gasteiger partial charge in [-0.25, -0.2) is 4.39 Å². The summed E-state index contributed by atoms with van der Waals surface area (Å²) < 4.78 is 18.5. The molecule has 0 unspecified atom stereocenters. The van der Waals surface area contributed by atoms with Gasteiger partial charge in [-0.2, -0.15) is 5.10 Å². The van der Waals surface area contributed by atoms with Gasteiger partial charge >= 0.3 is 0 Å². The molecule has 1 amide bonds. The number of halogens is 1. The van der Waals surface area contributed by atoms with E-state index < -0.39 is 0 Å². The Hall–Kier alpha value is -2.37. The Bertz CT molecular complexity index is 697. The van der Waals surface area contributed by atoms with Gasteiger partial charge in [0.25, 0.3) is 0 Å². The van der Waals surface area contributed by atoms with Gasteiger partial charge in [-0.05, 0) is 36.8 Å². The molecule has 0 saturated carbocycles. The van der Waals surface area contributed by atoms with Crippen LogP contribution in [-0.2, 0) is 11.4 Å². The highest BCUT2D eigenvalue weighted by Crippen LogP contribution is 2.27. The first-order chi connectivity index (χ1) is 11.5. The number of hydrogen-bond donors (Lipinski definition) is 1. The van der Waals surface area contributed by atoms with Crippen LogP contribution in [0.2, 0.25) is 0 Å². The second kappa shape index (κ2) is 7.03. The molecular formula is C18H22FN3O2. The molecule has 2 heterocycles. The van der Waals surface area contributed by atoms with Crippen molar-refractivity contribution in [2.75, 3.05) is 13.1 Å². The van der Waals surface area contributed by atoms with Gasteiger partial charge in [-0.15, -0.1) is 0 Å². The molecular weight excluding hydrogens is 309 g/mol. The fourth-order valence-corrected chi connectivity index (χ4v) is 2.92. The highest BCUT2D eigenvalue weighted by Gasteiger charge is 2.29. The summed E-state index contributed by atoms with van der Waals surface area (Å²) in [5.41, 5.74) is 1.83. The van der Waals surface area contributed by atoms with Gasteiger partial charge in [-0.1, -0.05) is 13.8 Å². The van der Waals surface area contributed by atoms with Crippen LogP contribution in [0.25, 0.3) is 0 Å². The summed E-state index contributed by atoms with van der Waals surface area (Å²) >= 11 is 0. The van der Waals surface area contributed by atoms with Gasteiger partial charge in [0.05, 0.1) is 11.4 Å². The van der Waals surface area contributed by atoms with Crippen LogP contribution in [-0.4, -0.2) is 34.1 Å². The number of likely N-dealkylation sites (tertiary alicyclic amines) is 1. The summed E-state index contributed by atoms with van der Waals surface area (Å²) in [5.74, 6) is 0.828. The third-order valence-electron chi connectivity index (χ3n) is 4.27. The largest absolute Gasteiger partial charge is 0.487 e. The maximum Gasteiger partial charge on any atom is 0.225 e. The second-order valence-electron chi connectivity index (χ2n) is 6.49. The summed E-state index contributed by atoms with van der Waals surface area (Å²) in [5, 5.41) is 7.34. The smallest absolute Gasteiger partial charge is 0.225 e. The van der Waals surface area contributed by atoms with Crippen LogP contribution >= 0.6 is 0 Å². The van der Waals surface area contributed by atoms with Crippen molar-refractivity contribution in [3.05, 3.63) is 47.5 Å². The Balaban J connectivity index is 1.56. The van der Waals surface area contributed by atoms with Crippen molar-refractivity contribution >= 4 is 5.91 Å². The molecule has 0 aliphatic carbocycles. The van der Waals surface area contributed by atoms with E-state index in [-0.39, 0.29) is 23.6 Å². The van der Waals surface area contributed by atoms with Crippen LogP contribution < -0.4 is 4.74 Å². The minimum absolute atomic E-state index is 0.0302. The van der Waals surface area contributed by atoms with Crippen molar-refractivity contribution in [1.29, 1.82) is 0 Å². The van der Waals surface area contributed by atoms with Crippen LogP contribution in [0, 0.1) is 11.7 Å². The van der Waals surface area contributed by atoms with Crippen LogP contribution in [0.1, 0.15) is 37.6 Å². The van der Waals surface area contributed by atoms with Gasteiger partial charge in [0, 0.05) is 24.9 Å². The Labute approximate surface area is 140 Å². The molecule has 6 heteroatoms. The molecule has 0 spiro atoms. The minimum atomic E-state index is -0.284. The number of aromatic amines is 1. The molecule has 1 aromatic carbocycles. The highest BCUT2D eigenvalue weighted by molar-refractivity contribution is 5.78. The summed E-state index contributed by atoms with van der Waals surface area (Å²) in [6.07, 6.45) is 0.932. The summed E-state index contributed by atoms with van der Waals surface area (Å²) in [6.45, 7) is 5.71. The molecule has 24 heavy (non-hydrogen) atoms. The quantitative estimate of drug-likeness (QED) is 0.916. The number of hydrogen-bond acceptors (Lipinski definition) is 3. The fraction of sp³-hybridized carbons (Fsp3) is 0.444. The van der Waals surface area contributed by atoms with E-state index in [0.29, 0.717) is 12.4 Å². The molecule has 0 bridgehead atoms. The zero-order valence-electron chi connectivity index (χ0n) is 14.0. The minimum Gasteiger partial charge on any atom is -0.487 e. The van der Waals surface area contributed by atoms with Crippen molar-refractivity contribution in [2.24, 2.45) is 5.92 Å². The Morgan fingerprint density at radius 3 is 2.88 bits per heavy atom. The van der Waals surface area contributed by atoms with Gasteiger partial charge in [-0.3, -0.25) is 9.89 Å². The van der Waals surface area contributed by atoms with Crippen LogP contribution in [0.5, 0.6) is 5.75 Å². The first-order valence-corrected chi connectivity index (χ1v) is 8.24. The molecule has 128 valence electrons. The van der Waals surface area contributed by atoms with Crippen LogP contribution in [0.15, 0.2) is 30.3 Å². The lowest BCUT2D eigenvalue weighted by atomic mass is 10.1. The topological polar surface area (TPSA) is 58.2 Å². The lowest BCUT2D eigenvalue weighted by molar-refractivity contribution is -0.133. The summed E-state index contributed by atoms with van der Waals surface area (Å²) in [4.78, 5) is 14.0. The lowest BCUT2D eigenvalue weighted by Crippen LogP contribution is -2.31. The predicted octanol–water partition coefficient (Wildman–Crippen LogP) is 3.10. The zero-order chi connectivity index (χ0) is 17.1. The van der Waals surface area contributed by atoms with Crippen molar-refractivity contribution < 1.29 is 13.9 Å². The SMILES string of the molecule is CC(C)C(=O)N1CC[C@@H](c2cc(COc3ccc(F)cc3)[nH]n2)C1. The number of rotatable bonds is 5. The van der Waals surface area contributed by atoms with E-state index >= 15 is 0 Å². The number of benzene rings is 1. The molecule has 1 aliphatic rings. The number of H-pyrrole nitrogens is 1. The van der Waals surface area contributed by atoms with Crippen molar-refractivity contribution in [3.8, 4) is 5.75 Å². The highest BCUT2D eigenvalue weighted by atomic mass is 19.1. The molecule has 1 atom stereocenters. The third kappa shape index (κ3) is 3.75. The first-order valence-electron chi connectivity index (χ1n) is 8.24. The Morgan fingerprint density at radius 2 is 2.17 bits per heavy atom. The van der Waals surface area contributed by atoms with Gasteiger partial charge in [0.1, 0.15) is 18.2 Å². The normalized spacial score (nSPS) is 17.5. The average Bonchev–Trinajstić information content (AvgIpc) is 3.22. The van der Waals surface area contributed by atoms with Crippen LogP contribution in [0.4, 0.5) is 4.39 Å². The van der Waals surface area contributed by atoms with E-state index in [1.165, 1.54) is 12.1 Å². The van der Waals surface area contributed by atoms with Gasteiger partial charge in [0.15, 0.2) is 0 Å². The third-order valence-corrected chi connectivity index (χ3v) is 4.27. The molecule has 1 fully saturated rings. The number of aromatic nitrogens is 2. The Morgan fingerprint density at radius 1 is 1.42 bits per heavy atom. The Kier molecular flexibility index (Phi) is 4.83. The second-order valence-corrected chi connectivity index (χ2v) is 6.49. The number of carbonyl (C=O) groups is 1. The van der Waals surface area contributed by atoms with E-state index in [4.69, 9.17) is 4.74 Å². The first kappa shape index (κ1) is 16.5. The maximum atomic E-state index is 12.9. The summed E-state index contributed by atoms with van der Waals surface area (Å²) in [6, 6.07) is 7.91. The van der Waals surface area contributed by atoms with Gasteiger partial charge in [0.2, 0.25) is 5.91 Å². The lowest BCUT2D eigenvalue weighted by Gasteiger charge is -2.18. The van der Waals surface area contributed by atoms with E-state index in [2.05, 4.69) is 10.2 Å². The number of nitrogens with one attached hydrogen (secondary N) is 1. The number of carbonyl (C=O) groups excluding carboxylic acids is 1. The van der Waals surface area contributed by atoms with E-state index in [1.807, 2.05) is 24.8 Å². The summed E-state index contributed by atoms with van der Waals surface area (Å²) in [7, 11) is 0. The predicted molar refractivity (Wildman–Crippen MR) is 88.1 cm³/mol. The van der Waals surface area contributed by atoms with Crippen molar-refractivity contribution in [2.45, 2.75) is 32.8 Å². The van der Waals surface area contributed by atoms with Crippen LogP contribution in [0.3, 0.4) is 0 Å². The molecule has 1 N–H and O–H groups in total. The number of ether oxygens (including phenoxy) is 1. The molecule has 0 radical (unpaired) electrons. The molecule has 1 saturated heterocycles. The standard InChI is InChI=1S/C18H22FN3O2/c1-12(2)18(23)22-8-7-13(10-22)17-9-15(20-21-17)11-24-16-5-3-14(19)4-6-16/h3-6,9,12-13H,7-8,10-11H2,1-2H3,(H,20,21)/t13-/m1/s1. The van der Waals surface area contributed by atoms with Gasteiger partial charge < -0.3 is 9.64 Å². The zero-order valence-corrected chi connectivity index (χ0v) is 14.0. The molecule has 2 aromatic rings. The molecule has 1 aromatic heterocycles. The number of nitrogens with zero attached hydrogens (tertiary/aromatic N) is 2. The maximum absolute atomic E-state index is 12.9. The van der Waals surface area contributed by atoms with Crippen molar-refractivity contribution in [3.63, 3.8) is 0 Å². The molecule has 1 aliphatic heterocycles. The van der Waals surface area contributed by atoms with E-state index in [0.717, 1.165) is 30.9 Å². The van der Waals surface area contributed by atoms with E-state index in [9.17, 15) is 9.18 Å². The number of amides is 1. The fourth-order valence-electron chi connectivity index (χ4n) is 2.92. The van der Waals surface area contributed by atoms with E-state index in [1.54, 1.807) is 12.1 Å². The molecule has 3 rings (SSSR count).